The van der Waals surface area contributed by atoms with Crippen molar-refractivity contribution in [3.8, 4) is 17.3 Å². The van der Waals surface area contributed by atoms with Gasteiger partial charge >= 0.3 is 5.97 Å². The van der Waals surface area contributed by atoms with Crippen LogP contribution in [0, 0.1) is 26.7 Å². The lowest BCUT2D eigenvalue weighted by molar-refractivity contribution is -0.122. The highest BCUT2D eigenvalue weighted by Crippen LogP contribution is 2.37. The van der Waals surface area contributed by atoms with Crippen LogP contribution in [-0.2, 0) is 19.6 Å². The number of aryl methyl sites for hydroxylation is 2. The second-order valence-corrected chi connectivity index (χ2v) is 12.1. The Hall–Kier alpha value is -3.74. The summed E-state index contributed by atoms with van der Waals surface area (Å²) in [5.74, 6) is -1.40. The van der Waals surface area contributed by atoms with E-state index < -0.39 is 16.0 Å². The Kier molecular flexibility index (Phi) is 7.67. The standard InChI is InChI=1S/C28H32N4O7S/c1-17-7-8-18(2)22(15-17)32-27(19(3)25(30-32)28(34)35)39-23-10-9-21(29-26(33)20-5-4-6-20)16-24(23)40(36,37)31-11-13-38-14-12-31/h7-10,15-16,20H,4-6,11-14H2,1-3H3,(H,29,33)(H,34,35). The number of carbonyl (C=O) groups excluding carboxylic acids is 1. The van der Waals surface area contributed by atoms with Gasteiger partial charge in [-0.1, -0.05) is 18.6 Å². The number of amides is 1. The van der Waals surface area contributed by atoms with Crippen LogP contribution < -0.4 is 10.1 Å². The lowest BCUT2D eigenvalue weighted by atomic mass is 9.85. The van der Waals surface area contributed by atoms with E-state index in [2.05, 4.69) is 10.4 Å². The first-order valence-electron chi connectivity index (χ1n) is 13.2. The van der Waals surface area contributed by atoms with Gasteiger partial charge in [0.15, 0.2) is 5.69 Å². The van der Waals surface area contributed by atoms with Gasteiger partial charge in [-0.05, 0) is 69.0 Å². The van der Waals surface area contributed by atoms with Crippen LogP contribution in [0.15, 0.2) is 41.3 Å². The van der Waals surface area contributed by atoms with E-state index in [9.17, 15) is 23.1 Å². The molecular formula is C28H32N4O7S. The zero-order valence-corrected chi connectivity index (χ0v) is 23.5. The first kappa shape index (κ1) is 27.8. The van der Waals surface area contributed by atoms with Gasteiger partial charge in [0.25, 0.3) is 0 Å². The quantitative estimate of drug-likeness (QED) is 0.415. The van der Waals surface area contributed by atoms with Crippen molar-refractivity contribution in [1.82, 2.24) is 14.1 Å². The average molecular weight is 569 g/mol. The molecule has 40 heavy (non-hydrogen) atoms. The van der Waals surface area contributed by atoms with E-state index in [1.807, 2.05) is 32.0 Å². The lowest BCUT2D eigenvalue weighted by Gasteiger charge is -2.27. The van der Waals surface area contributed by atoms with E-state index in [0.29, 0.717) is 11.4 Å². The first-order chi connectivity index (χ1) is 19.1. The topological polar surface area (TPSA) is 140 Å². The molecule has 2 aromatic carbocycles. The molecule has 0 bridgehead atoms. The van der Waals surface area contributed by atoms with Crippen LogP contribution in [-0.4, -0.2) is 65.8 Å². The lowest BCUT2D eigenvalue weighted by Crippen LogP contribution is -2.40. The number of anilines is 1. The van der Waals surface area contributed by atoms with Crippen molar-refractivity contribution in [1.29, 1.82) is 0 Å². The number of aromatic nitrogens is 2. The van der Waals surface area contributed by atoms with Crippen molar-refractivity contribution in [2.75, 3.05) is 31.6 Å². The molecule has 0 radical (unpaired) electrons. The summed E-state index contributed by atoms with van der Waals surface area (Å²) < 4.78 is 42.0. The number of hydrogen-bond acceptors (Lipinski definition) is 7. The monoisotopic (exact) mass is 568 g/mol. The molecule has 1 saturated heterocycles. The maximum atomic E-state index is 13.9. The molecule has 2 aliphatic rings. The van der Waals surface area contributed by atoms with Crippen molar-refractivity contribution >= 4 is 27.6 Å². The van der Waals surface area contributed by atoms with E-state index in [1.54, 1.807) is 13.0 Å². The molecule has 212 valence electrons. The summed E-state index contributed by atoms with van der Waals surface area (Å²) in [7, 11) is -4.07. The third kappa shape index (κ3) is 5.34. The highest BCUT2D eigenvalue weighted by atomic mass is 32.2. The molecular weight excluding hydrogens is 536 g/mol. The van der Waals surface area contributed by atoms with E-state index >= 15 is 0 Å². The Bertz CT molecular complexity index is 1570. The van der Waals surface area contributed by atoms with Crippen molar-refractivity contribution in [3.63, 3.8) is 0 Å². The Balaban J connectivity index is 1.61. The van der Waals surface area contributed by atoms with Crippen LogP contribution in [0.4, 0.5) is 5.69 Å². The van der Waals surface area contributed by atoms with Crippen LogP contribution in [0.3, 0.4) is 0 Å². The number of morpholine rings is 1. The van der Waals surface area contributed by atoms with E-state index in [4.69, 9.17) is 9.47 Å². The molecule has 1 aliphatic carbocycles. The van der Waals surface area contributed by atoms with Gasteiger partial charge in [-0.15, -0.1) is 0 Å². The van der Waals surface area contributed by atoms with Gasteiger partial charge in [0, 0.05) is 30.3 Å². The second-order valence-electron chi connectivity index (χ2n) is 10.2. The van der Waals surface area contributed by atoms with Crippen LogP contribution in [0.5, 0.6) is 11.6 Å². The molecule has 1 amide bonds. The third-order valence-electron chi connectivity index (χ3n) is 7.35. The molecule has 5 rings (SSSR count). The Morgan fingerprint density at radius 3 is 2.45 bits per heavy atom. The summed E-state index contributed by atoms with van der Waals surface area (Å²) in [5, 5.41) is 16.9. The highest BCUT2D eigenvalue weighted by Gasteiger charge is 2.32. The summed E-state index contributed by atoms with van der Waals surface area (Å²) in [6.45, 7) is 6.19. The molecule has 1 aromatic heterocycles. The number of ether oxygens (including phenoxy) is 2. The predicted octanol–water partition coefficient (Wildman–Crippen LogP) is 4.05. The third-order valence-corrected chi connectivity index (χ3v) is 9.27. The molecule has 0 atom stereocenters. The van der Waals surface area contributed by atoms with Crippen LogP contribution in [0.2, 0.25) is 0 Å². The Labute approximate surface area is 232 Å². The van der Waals surface area contributed by atoms with Gasteiger partial charge in [0.1, 0.15) is 10.6 Å². The van der Waals surface area contributed by atoms with Gasteiger partial charge in [0.05, 0.1) is 18.9 Å². The number of nitrogens with one attached hydrogen (secondary N) is 1. The fourth-order valence-corrected chi connectivity index (χ4v) is 6.28. The number of nitrogens with zero attached hydrogens (tertiary/aromatic N) is 3. The second kappa shape index (κ2) is 11.0. The van der Waals surface area contributed by atoms with Crippen molar-refractivity contribution < 1.29 is 32.6 Å². The van der Waals surface area contributed by atoms with Gasteiger partial charge in [-0.2, -0.15) is 14.1 Å². The fraction of sp³-hybridized carbons (Fsp3) is 0.393. The first-order valence-corrected chi connectivity index (χ1v) is 14.6. The Morgan fingerprint density at radius 1 is 1.07 bits per heavy atom. The minimum absolute atomic E-state index is 0.0142. The van der Waals surface area contributed by atoms with Crippen molar-refractivity contribution in [2.24, 2.45) is 5.92 Å². The van der Waals surface area contributed by atoms with Crippen LogP contribution >= 0.6 is 0 Å². The maximum Gasteiger partial charge on any atom is 0.356 e. The number of rotatable bonds is 8. The highest BCUT2D eigenvalue weighted by molar-refractivity contribution is 7.89. The molecule has 2 heterocycles. The molecule has 2 N–H and O–H groups in total. The summed E-state index contributed by atoms with van der Waals surface area (Å²) >= 11 is 0. The zero-order valence-electron chi connectivity index (χ0n) is 22.6. The van der Waals surface area contributed by atoms with Gasteiger partial charge in [-0.3, -0.25) is 4.79 Å². The average Bonchev–Trinajstić information content (AvgIpc) is 3.21. The summed E-state index contributed by atoms with van der Waals surface area (Å²) in [6.07, 6.45) is 2.60. The van der Waals surface area contributed by atoms with Crippen molar-refractivity contribution in [3.05, 3.63) is 58.8 Å². The predicted molar refractivity (Wildman–Crippen MR) is 147 cm³/mol. The number of hydrogen-bond donors (Lipinski definition) is 2. The smallest absolute Gasteiger partial charge is 0.356 e. The maximum absolute atomic E-state index is 13.9. The van der Waals surface area contributed by atoms with E-state index in [-0.39, 0.29) is 65.9 Å². The van der Waals surface area contributed by atoms with Gasteiger partial charge in [-0.25, -0.2) is 13.2 Å². The molecule has 0 spiro atoms. The normalized spacial score (nSPS) is 16.4. The minimum atomic E-state index is -4.07. The van der Waals surface area contributed by atoms with E-state index in [0.717, 1.165) is 30.4 Å². The number of carboxylic acids is 1. The molecule has 1 aliphatic heterocycles. The number of benzene rings is 2. The Morgan fingerprint density at radius 2 is 1.80 bits per heavy atom. The van der Waals surface area contributed by atoms with Gasteiger partial charge < -0.3 is 19.9 Å². The summed E-state index contributed by atoms with van der Waals surface area (Å²) in [5.41, 5.74) is 2.72. The SMILES string of the molecule is Cc1ccc(C)c(-n2nc(C(=O)O)c(C)c2Oc2ccc(NC(=O)C3CCC3)cc2S(=O)(=O)N2CCOCC2)c1. The molecule has 12 heteroatoms. The fourth-order valence-electron chi connectivity index (χ4n) is 4.73. The molecule has 0 unspecified atom stereocenters. The summed E-state index contributed by atoms with van der Waals surface area (Å²) in [4.78, 5) is 24.5. The molecule has 2 fully saturated rings. The summed E-state index contributed by atoms with van der Waals surface area (Å²) in [6, 6.07) is 10.1. The van der Waals surface area contributed by atoms with Crippen LogP contribution in [0.25, 0.3) is 5.69 Å². The molecule has 1 saturated carbocycles. The molecule has 11 nitrogen and oxygen atoms in total. The largest absolute Gasteiger partial charge is 0.476 e. The van der Waals surface area contributed by atoms with Crippen molar-refractivity contribution in [2.45, 2.75) is 44.9 Å². The number of carboxylic acid groups (broad SMARTS) is 1. The van der Waals surface area contributed by atoms with E-state index in [1.165, 1.54) is 21.1 Å². The van der Waals surface area contributed by atoms with Gasteiger partial charge in [0.2, 0.25) is 21.8 Å². The van der Waals surface area contributed by atoms with Crippen LogP contribution in [0.1, 0.15) is 46.4 Å². The zero-order chi connectivity index (χ0) is 28.6. The number of aromatic carboxylic acids is 1. The number of sulfonamides is 1. The number of carbonyl (C=O) groups is 2. The molecule has 3 aromatic rings. The minimum Gasteiger partial charge on any atom is -0.476 e.